The second-order valence-electron chi connectivity index (χ2n) is 4.77. The van der Waals surface area contributed by atoms with E-state index in [0.717, 1.165) is 29.5 Å². The van der Waals surface area contributed by atoms with Crippen LogP contribution >= 0.6 is 15.9 Å². The van der Waals surface area contributed by atoms with Gasteiger partial charge in [-0.3, -0.25) is 0 Å². The summed E-state index contributed by atoms with van der Waals surface area (Å²) >= 11 is 3.60. The molecule has 1 aromatic carbocycles. The van der Waals surface area contributed by atoms with Crippen LogP contribution in [0.5, 0.6) is 0 Å². The minimum atomic E-state index is -0.159. The number of aliphatic hydroxyl groups excluding tert-OH is 1. The molecule has 1 aliphatic rings. The summed E-state index contributed by atoms with van der Waals surface area (Å²) in [7, 11) is 0. The first-order valence-corrected chi connectivity index (χ1v) is 6.82. The van der Waals surface area contributed by atoms with Crippen LogP contribution in [0.25, 0.3) is 0 Å². The normalized spacial score (nSPS) is 25.1. The van der Waals surface area contributed by atoms with Gasteiger partial charge in [0.2, 0.25) is 0 Å². The Labute approximate surface area is 111 Å². The van der Waals surface area contributed by atoms with Crippen LogP contribution in [0.15, 0.2) is 22.7 Å². The first-order chi connectivity index (χ1) is 8.11. The van der Waals surface area contributed by atoms with Crippen molar-refractivity contribution in [3.8, 4) is 0 Å². The Morgan fingerprint density at radius 1 is 1.53 bits per heavy atom. The standard InChI is InChI=1S/C13H19BrN2O/c1-9-8-16(5-4-13(9)17)12-3-2-10(7-15)6-11(12)14/h2-3,6,9,13,17H,4-5,7-8,15H2,1H3. The summed E-state index contributed by atoms with van der Waals surface area (Å²) in [5, 5.41) is 9.74. The van der Waals surface area contributed by atoms with Crippen molar-refractivity contribution in [1.29, 1.82) is 0 Å². The zero-order valence-corrected chi connectivity index (χ0v) is 11.7. The monoisotopic (exact) mass is 298 g/mol. The lowest BCUT2D eigenvalue weighted by atomic mass is 9.96. The van der Waals surface area contributed by atoms with Gasteiger partial charge in [-0.2, -0.15) is 0 Å². The molecule has 4 heteroatoms. The third-order valence-electron chi connectivity index (χ3n) is 3.45. The van der Waals surface area contributed by atoms with Crippen LogP contribution in [0, 0.1) is 5.92 Å². The molecule has 1 heterocycles. The Morgan fingerprint density at radius 3 is 2.88 bits per heavy atom. The Hall–Kier alpha value is -0.580. The fraction of sp³-hybridized carbons (Fsp3) is 0.538. The lowest BCUT2D eigenvalue weighted by Crippen LogP contribution is -2.42. The number of rotatable bonds is 2. The van der Waals surface area contributed by atoms with Gasteiger partial charge in [-0.1, -0.05) is 13.0 Å². The lowest BCUT2D eigenvalue weighted by molar-refractivity contribution is 0.0970. The zero-order chi connectivity index (χ0) is 12.4. The highest BCUT2D eigenvalue weighted by atomic mass is 79.9. The van der Waals surface area contributed by atoms with Crippen molar-refractivity contribution in [3.05, 3.63) is 28.2 Å². The van der Waals surface area contributed by atoms with Crippen LogP contribution in [0.2, 0.25) is 0 Å². The molecule has 94 valence electrons. The van der Waals surface area contributed by atoms with Gasteiger partial charge in [-0.05, 0) is 46.0 Å². The van der Waals surface area contributed by atoms with E-state index in [9.17, 15) is 5.11 Å². The van der Waals surface area contributed by atoms with Crippen molar-refractivity contribution in [2.75, 3.05) is 18.0 Å². The van der Waals surface area contributed by atoms with Crippen LogP contribution in [0.1, 0.15) is 18.9 Å². The van der Waals surface area contributed by atoms with E-state index >= 15 is 0 Å². The molecular weight excluding hydrogens is 280 g/mol. The zero-order valence-electron chi connectivity index (χ0n) is 10.1. The number of piperidine rings is 1. The molecule has 0 aromatic heterocycles. The highest BCUT2D eigenvalue weighted by molar-refractivity contribution is 9.10. The second kappa shape index (κ2) is 5.38. The summed E-state index contributed by atoms with van der Waals surface area (Å²) in [6.45, 7) is 4.47. The van der Waals surface area contributed by atoms with Gasteiger partial charge in [0, 0.05) is 24.1 Å². The maximum absolute atomic E-state index is 9.74. The maximum Gasteiger partial charge on any atom is 0.0599 e. The third kappa shape index (κ3) is 2.81. The van der Waals surface area contributed by atoms with Gasteiger partial charge < -0.3 is 15.7 Å². The van der Waals surface area contributed by atoms with Crippen molar-refractivity contribution in [2.24, 2.45) is 11.7 Å². The molecule has 0 radical (unpaired) electrons. The number of benzene rings is 1. The molecule has 17 heavy (non-hydrogen) atoms. The van der Waals surface area contributed by atoms with E-state index in [4.69, 9.17) is 5.73 Å². The largest absolute Gasteiger partial charge is 0.393 e. The van der Waals surface area contributed by atoms with Crippen molar-refractivity contribution in [2.45, 2.75) is 26.0 Å². The van der Waals surface area contributed by atoms with Gasteiger partial charge >= 0.3 is 0 Å². The van der Waals surface area contributed by atoms with Crippen LogP contribution in [0.4, 0.5) is 5.69 Å². The van der Waals surface area contributed by atoms with Crippen molar-refractivity contribution >= 4 is 21.6 Å². The lowest BCUT2D eigenvalue weighted by Gasteiger charge is -2.36. The molecule has 1 fully saturated rings. The van der Waals surface area contributed by atoms with E-state index in [1.54, 1.807) is 0 Å². The number of aliphatic hydroxyl groups is 1. The molecular formula is C13H19BrN2O. The summed E-state index contributed by atoms with van der Waals surface area (Å²) in [6, 6.07) is 6.25. The van der Waals surface area contributed by atoms with Gasteiger partial charge in [0.05, 0.1) is 11.8 Å². The number of nitrogens with two attached hydrogens (primary N) is 1. The predicted molar refractivity (Wildman–Crippen MR) is 74.0 cm³/mol. The maximum atomic E-state index is 9.74. The summed E-state index contributed by atoms with van der Waals surface area (Å²) in [4.78, 5) is 2.32. The van der Waals surface area contributed by atoms with E-state index in [1.165, 1.54) is 5.69 Å². The number of hydrogen-bond acceptors (Lipinski definition) is 3. The third-order valence-corrected chi connectivity index (χ3v) is 4.08. The smallest absolute Gasteiger partial charge is 0.0599 e. The highest BCUT2D eigenvalue weighted by Gasteiger charge is 2.25. The fourth-order valence-electron chi connectivity index (χ4n) is 2.29. The van der Waals surface area contributed by atoms with E-state index in [1.807, 2.05) is 0 Å². The molecule has 3 N–H and O–H groups in total. The van der Waals surface area contributed by atoms with Crippen molar-refractivity contribution < 1.29 is 5.11 Å². The van der Waals surface area contributed by atoms with E-state index in [-0.39, 0.29) is 6.10 Å². The summed E-state index contributed by atoms with van der Waals surface area (Å²) in [6.07, 6.45) is 0.681. The molecule has 2 atom stereocenters. The van der Waals surface area contributed by atoms with Gasteiger partial charge in [-0.25, -0.2) is 0 Å². The van der Waals surface area contributed by atoms with Gasteiger partial charge in [0.25, 0.3) is 0 Å². The first-order valence-electron chi connectivity index (χ1n) is 6.03. The van der Waals surface area contributed by atoms with E-state index in [0.29, 0.717) is 12.5 Å². The Kier molecular flexibility index (Phi) is 4.07. The SMILES string of the molecule is CC1CN(c2ccc(CN)cc2Br)CCC1O. The predicted octanol–water partition coefficient (Wildman–Crippen LogP) is 2.11. The van der Waals surface area contributed by atoms with Crippen LogP contribution in [-0.2, 0) is 6.54 Å². The minimum Gasteiger partial charge on any atom is -0.393 e. The molecule has 1 aromatic rings. The van der Waals surface area contributed by atoms with Crippen LogP contribution in [0.3, 0.4) is 0 Å². The fourth-order valence-corrected chi connectivity index (χ4v) is 2.96. The molecule has 0 spiro atoms. The first kappa shape index (κ1) is 12.9. The van der Waals surface area contributed by atoms with E-state index in [2.05, 4.69) is 46.0 Å². The van der Waals surface area contributed by atoms with Gasteiger partial charge in [-0.15, -0.1) is 0 Å². The van der Waals surface area contributed by atoms with Gasteiger partial charge in [0.15, 0.2) is 0 Å². The van der Waals surface area contributed by atoms with E-state index < -0.39 is 0 Å². The summed E-state index contributed by atoms with van der Waals surface area (Å²) in [5.41, 5.74) is 7.95. The Morgan fingerprint density at radius 2 is 2.29 bits per heavy atom. The summed E-state index contributed by atoms with van der Waals surface area (Å²) < 4.78 is 1.09. The molecule has 0 amide bonds. The average molecular weight is 299 g/mol. The number of anilines is 1. The van der Waals surface area contributed by atoms with Crippen molar-refractivity contribution in [1.82, 2.24) is 0 Å². The Bertz CT molecular complexity index is 397. The average Bonchev–Trinajstić information content (AvgIpc) is 2.32. The topological polar surface area (TPSA) is 49.5 Å². The molecule has 1 saturated heterocycles. The minimum absolute atomic E-state index is 0.159. The van der Waals surface area contributed by atoms with Crippen molar-refractivity contribution in [3.63, 3.8) is 0 Å². The molecule has 2 unspecified atom stereocenters. The highest BCUT2D eigenvalue weighted by Crippen LogP contribution is 2.30. The summed E-state index contributed by atoms with van der Waals surface area (Å²) in [5.74, 6) is 0.324. The Balaban J connectivity index is 2.17. The molecule has 0 aliphatic carbocycles. The molecule has 3 nitrogen and oxygen atoms in total. The molecule has 1 aliphatic heterocycles. The van der Waals surface area contributed by atoms with Crippen LogP contribution < -0.4 is 10.6 Å². The van der Waals surface area contributed by atoms with Crippen LogP contribution in [-0.4, -0.2) is 24.3 Å². The quantitative estimate of drug-likeness (QED) is 0.879. The second-order valence-corrected chi connectivity index (χ2v) is 5.62. The van der Waals surface area contributed by atoms with Gasteiger partial charge in [0.1, 0.15) is 0 Å². The number of halogens is 1. The molecule has 0 saturated carbocycles. The molecule has 0 bridgehead atoms. The molecule has 2 rings (SSSR count). The number of nitrogens with zero attached hydrogens (tertiary/aromatic N) is 1. The number of hydrogen-bond donors (Lipinski definition) is 2.